The average Bonchev–Trinajstić information content (AvgIpc) is 3.19. The van der Waals surface area contributed by atoms with Crippen LogP contribution in [0.15, 0.2) is 53.9 Å². The van der Waals surface area contributed by atoms with E-state index >= 15 is 0 Å². The van der Waals surface area contributed by atoms with Gasteiger partial charge in [-0.2, -0.15) is 5.10 Å². The molecule has 0 aliphatic heterocycles. The summed E-state index contributed by atoms with van der Waals surface area (Å²) >= 11 is 0. The van der Waals surface area contributed by atoms with Gasteiger partial charge in [0.05, 0.1) is 6.26 Å². The summed E-state index contributed by atoms with van der Waals surface area (Å²) in [7, 11) is 0. The van der Waals surface area contributed by atoms with Crippen molar-refractivity contribution >= 4 is 17.8 Å². The number of amides is 1. The van der Waals surface area contributed by atoms with Crippen molar-refractivity contribution in [2.24, 2.45) is 0 Å². The standard InChI is InChI=1S/C13H10N6O2/c20-13(4-3-10-2-1-5-21-10)18-11-6-12(16-8-15-11)19-9-14-7-17-19/h1-9H,(H,15,16,18,20)/b4-3+. The number of furan rings is 1. The average molecular weight is 282 g/mol. The number of hydrogen-bond donors (Lipinski definition) is 1. The van der Waals surface area contributed by atoms with Gasteiger partial charge in [0.1, 0.15) is 30.6 Å². The molecule has 8 nitrogen and oxygen atoms in total. The molecule has 3 heterocycles. The van der Waals surface area contributed by atoms with Crippen LogP contribution in [-0.2, 0) is 4.79 Å². The van der Waals surface area contributed by atoms with Crippen LogP contribution in [-0.4, -0.2) is 30.6 Å². The molecule has 3 aromatic rings. The van der Waals surface area contributed by atoms with Crippen LogP contribution < -0.4 is 5.32 Å². The summed E-state index contributed by atoms with van der Waals surface area (Å²) in [6.07, 6.45) is 8.69. The van der Waals surface area contributed by atoms with E-state index < -0.39 is 0 Å². The van der Waals surface area contributed by atoms with Gasteiger partial charge < -0.3 is 9.73 Å². The third-order valence-electron chi connectivity index (χ3n) is 2.50. The van der Waals surface area contributed by atoms with Gasteiger partial charge in [0.15, 0.2) is 5.82 Å². The lowest BCUT2D eigenvalue weighted by Gasteiger charge is -2.03. The fourth-order valence-electron chi connectivity index (χ4n) is 1.58. The smallest absolute Gasteiger partial charge is 0.249 e. The van der Waals surface area contributed by atoms with E-state index in [0.29, 0.717) is 17.4 Å². The molecule has 0 fully saturated rings. The number of carbonyl (C=O) groups excluding carboxylic acids is 1. The molecule has 8 heteroatoms. The molecule has 3 aromatic heterocycles. The summed E-state index contributed by atoms with van der Waals surface area (Å²) in [5.41, 5.74) is 0. The van der Waals surface area contributed by atoms with Crippen LogP contribution in [0, 0.1) is 0 Å². The number of carbonyl (C=O) groups is 1. The van der Waals surface area contributed by atoms with Crippen LogP contribution >= 0.6 is 0 Å². The van der Waals surface area contributed by atoms with Gasteiger partial charge in [-0.1, -0.05) is 0 Å². The first-order valence-corrected chi connectivity index (χ1v) is 6.01. The summed E-state index contributed by atoms with van der Waals surface area (Å²) in [6.45, 7) is 0. The normalized spacial score (nSPS) is 10.9. The van der Waals surface area contributed by atoms with Crippen LogP contribution in [0.2, 0.25) is 0 Å². The van der Waals surface area contributed by atoms with Crippen molar-refractivity contribution < 1.29 is 9.21 Å². The van der Waals surface area contributed by atoms with Gasteiger partial charge in [0, 0.05) is 12.1 Å². The number of hydrogen-bond acceptors (Lipinski definition) is 6. The highest BCUT2D eigenvalue weighted by Gasteiger charge is 2.04. The van der Waals surface area contributed by atoms with Crippen molar-refractivity contribution in [1.29, 1.82) is 0 Å². The Labute approximate surface area is 119 Å². The second-order valence-corrected chi connectivity index (χ2v) is 3.94. The van der Waals surface area contributed by atoms with Gasteiger partial charge in [0.25, 0.3) is 0 Å². The largest absolute Gasteiger partial charge is 0.465 e. The van der Waals surface area contributed by atoms with Gasteiger partial charge >= 0.3 is 0 Å². The number of rotatable bonds is 4. The molecule has 3 rings (SSSR count). The van der Waals surface area contributed by atoms with Crippen LogP contribution in [0.3, 0.4) is 0 Å². The van der Waals surface area contributed by atoms with E-state index in [1.165, 1.54) is 36.0 Å². The first-order valence-electron chi connectivity index (χ1n) is 6.01. The summed E-state index contributed by atoms with van der Waals surface area (Å²) in [4.78, 5) is 23.6. The molecule has 1 amide bonds. The van der Waals surface area contributed by atoms with E-state index in [-0.39, 0.29) is 5.91 Å². The minimum atomic E-state index is -0.324. The summed E-state index contributed by atoms with van der Waals surface area (Å²) in [6, 6.07) is 5.08. The van der Waals surface area contributed by atoms with Gasteiger partial charge in [-0.15, -0.1) is 0 Å². The molecule has 1 N–H and O–H groups in total. The van der Waals surface area contributed by atoms with Crippen LogP contribution in [0.25, 0.3) is 11.9 Å². The Morgan fingerprint density at radius 2 is 2.29 bits per heavy atom. The SMILES string of the molecule is O=C(/C=C/c1ccco1)Nc1cc(-n2cncn2)ncn1. The van der Waals surface area contributed by atoms with E-state index in [1.54, 1.807) is 24.3 Å². The lowest BCUT2D eigenvalue weighted by molar-refractivity contribution is -0.111. The maximum atomic E-state index is 11.8. The second kappa shape index (κ2) is 5.78. The third kappa shape index (κ3) is 3.18. The highest BCUT2D eigenvalue weighted by molar-refractivity contribution is 6.01. The molecular weight excluding hydrogens is 272 g/mol. The lowest BCUT2D eigenvalue weighted by atomic mass is 10.4. The summed E-state index contributed by atoms with van der Waals surface area (Å²) in [5, 5.41) is 6.58. The number of aromatic nitrogens is 5. The van der Waals surface area contributed by atoms with E-state index in [1.807, 2.05) is 0 Å². The summed E-state index contributed by atoms with van der Waals surface area (Å²) < 4.78 is 6.56. The Morgan fingerprint density at radius 1 is 1.33 bits per heavy atom. The number of nitrogens with zero attached hydrogens (tertiary/aromatic N) is 5. The molecule has 21 heavy (non-hydrogen) atoms. The van der Waals surface area contributed by atoms with E-state index in [4.69, 9.17) is 4.42 Å². The monoisotopic (exact) mass is 282 g/mol. The molecule has 0 atom stereocenters. The zero-order valence-corrected chi connectivity index (χ0v) is 10.7. The first-order chi connectivity index (χ1) is 10.3. The molecule has 0 radical (unpaired) electrons. The van der Waals surface area contributed by atoms with Crippen molar-refractivity contribution in [3.63, 3.8) is 0 Å². The molecule has 0 bridgehead atoms. The Hall–Kier alpha value is -3.29. The fourth-order valence-corrected chi connectivity index (χ4v) is 1.58. The van der Waals surface area contributed by atoms with Gasteiger partial charge in [-0.05, 0) is 18.2 Å². The van der Waals surface area contributed by atoms with Gasteiger partial charge in [-0.25, -0.2) is 19.6 Å². The van der Waals surface area contributed by atoms with Gasteiger partial charge in [-0.3, -0.25) is 4.79 Å². The minimum Gasteiger partial charge on any atom is -0.465 e. The van der Waals surface area contributed by atoms with E-state index in [2.05, 4.69) is 25.4 Å². The van der Waals surface area contributed by atoms with Crippen LogP contribution in [0.1, 0.15) is 5.76 Å². The lowest BCUT2D eigenvalue weighted by Crippen LogP contribution is -2.10. The predicted molar refractivity (Wildman–Crippen MR) is 73.3 cm³/mol. The Bertz CT molecular complexity index is 749. The van der Waals surface area contributed by atoms with E-state index in [9.17, 15) is 4.79 Å². The number of anilines is 1. The molecule has 0 unspecified atom stereocenters. The van der Waals surface area contributed by atoms with Crippen LogP contribution in [0.5, 0.6) is 0 Å². The molecule has 0 spiro atoms. The maximum absolute atomic E-state index is 11.8. The van der Waals surface area contributed by atoms with Crippen molar-refractivity contribution in [3.05, 3.63) is 55.3 Å². The Kier molecular flexibility index (Phi) is 3.50. The predicted octanol–water partition coefficient (Wildman–Crippen LogP) is 1.30. The first kappa shape index (κ1) is 12.7. The topological polar surface area (TPSA) is 98.7 Å². The molecule has 0 saturated carbocycles. The van der Waals surface area contributed by atoms with Gasteiger partial charge in [0.2, 0.25) is 5.91 Å². The zero-order valence-electron chi connectivity index (χ0n) is 10.7. The molecule has 0 aliphatic carbocycles. The van der Waals surface area contributed by atoms with Crippen LogP contribution in [0.4, 0.5) is 5.82 Å². The molecular formula is C13H10N6O2. The third-order valence-corrected chi connectivity index (χ3v) is 2.50. The Balaban J connectivity index is 1.70. The molecule has 0 aliphatic rings. The van der Waals surface area contributed by atoms with Crippen molar-refractivity contribution in [2.45, 2.75) is 0 Å². The second-order valence-electron chi connectivity index (χ2n) is 3.94. The Morgan fingerprint density at radius 3 is 3.05 bits per heavy atom. The minimum absolute atomic E-state index is 0.324. The fraction of sp³-hybridized carbons (Fsp3) is 0. The molecule has 0 saturated heterocycles. The highest BCUT2D eigenvalue weighted by atomic mass is 16.3. The maximum Gasteiger partial charge on any atom is 0.249 e. The molecule has 0 aromatic carbocycles. The number of nitrogens with one attached hydrogen (secondary N) is 1. The molecule has 104 valence electrons. The summed E-state index contributed by atoms with van der Waals surface area (Å²) in [5.74, 6) is 1.14. The van der Waals surface area contributed by atoms with Crippen molar-refractivity contribution in [3.8, 4) is 5.82 Å². The zero-order chi connectivity index (χ0) is 14.5. The van der Waals surface area contributed by atoms with Crippen molar-refractivity contribution in [1.82, 2.24) is 24.7 Å². The quantitative estimate of drug-likeness (QED) is 0.724. The highest BCUT2D eigenvalue weighted by Crippen LogP contribution is 2.08. The van der Waals surface area contributed by atoms with E-state index in [0.717, 1.165) is 0 Å². The van der Waals surface area contributed by atoms with Crippen molar-refractivity contribution in [2.75, 3.05) is 5.32 Å².